The summed E-state index contributed by atoms with van der Waals surface area (Å²) in [5.41, 5.74) is 2.78. The topological polar surface area (TPSA) is 21.3 Å². The van der Waals surface area contributed by atoms with Gasteiger partial charge in [0.15, 0.2) is 0 Å². The molecule has 2 aromatic rings. The highest BCUT2D eigenvalue weighted by Gasteiger charge is 2.14. The van der Waals surface area contributed by atoms with Gasteiger partial charge in [0.25, 0.3) is 0 Å². The van der Waals surface area contributed by atoms with E-state index in [0.717, 1.165) is 24.6 Å². The molecule has 27 heavy (non-hydrogen) atoms. The van der Waals surface area contributed by atoms with Gasteiger partial charge < -0.3 is 10.1 Å². The Labute approximate surface area is 166 Å². The Kier molecular flexibility index (Phi) is 8.87. The van der Waals surface area contributed by atoms with Gasteiger partial charge in [-0.05, 0) is 75.3 Å². The van der Waals surface area contributed by atoms with Gasteiger partial charge in [-0.1, -0.05) is 62.7 Å². The highest BCUT2D eigenvalue weighted by Crippen LogP contribution is 2.28. The van der Waals surface area contributed by atoms with Gasteiger partial charge in [0.2, 0.25) is 0 Å². The first-order valence-electron chi connectivity index (χ1n) is 10.5. The van der Waals surface area contributed by atoms with Crippen molar-refractivity contribution in [2.75, 3.05) is 6.54 Å². The van der Waals surface area contributed by atoms with Crippen LogP contribution in [0.1, 0.15) is 77.0 Å². The van der Waals surface area contributed by atoms with E-state index in [1.54, 1.807) is 0 Å². The van der Waals surface area contributed by atoms with Crippen molar-refractivity contribution < 1.29 is 4.74 Å². The summed E-state index contributed by atoms with van der Waals surface area (Å²) in [6.45, 7) is 12.0. The largest absolute Gasteiger partial charge is 0.491 e. The Hall–Kier alpha value is -1.80. The molecule has 0 heterocycles. The van der Waals surface area contributed by atoms with Crippen molar-refractivity contribution in [1.82, 2.24) is 5.32 Å². The molecule has 0 amide bonds. The van der Waals surface area contributed by atoms with Crippen molar-refractivity contribution in [1.29, 1.82) is 0 Å². The molecule has 0 unspecified atom stereocenters. The smallest absolute Gasteiger partial charge is 0.119 e. The first-order valence-corrected chi connectivity index (χ1v) is 10.5. The van der Waals surface area contributed by atoms with E-state index in [2.05, 4.69) is 94.5 Å². The lowest BCUT2D eigenvalue weighted by atomic mass is 9.88. The van der Waals surface area contributed by atoms with Gasteiger partial charge in [0, 0.05) is 6.04 Å². The molecule has 2 rings (SSSR count). The molecule has 148 valence electrons. The second kappa shape index (κ2) is 11.1. The summed E-state index contributed by atoms with van der Waals surface area (Å²) in [5.74, 6) is 2.30. The van der Waals surface area contributed by atoms with Crippen molar-refractivity contribution >= 4 is 0 Å². The van der Waals surface area contributed by atoms with Gasteiger partial charge in [0.1, 0.15) is 5.75 Å². The summed E-state index contributed by atoms with van der Waals surface area (Å²) in [4.78, 5) is 0. The summed E-state index contributed by atoms with van der Waals surface area (Å²) in [6.07, 6.45) is 3.89. The average molecular weight is 368 g/mol. The van der Waals surface area contributed by atoms with E-state index in [-0.39, 0.29) is 6.10 Å². The van der Waals surface area contributed by atoms with Crippen molar-refractivity contribution in [2.45, 2.75) is 71.9 Å². The molecule has 2 heteroatoms. The molecule has 0 bridgehead atoms. The van der Waals surface area contributed by atoms with Crippen LogP contribution in [0.2, 0.25) is 0 Å². The lowest BCUT2D eigenvalue weighted by molar-refractivity contribution is 0.242. The molecule has 1 N–H and O–H groups in total. The van der Waals surface area contributed by atoms with Gasteiger partial charge >= 0.3 is 0 Å². The SMILES string of the molecule is CC(C)CC[C@H](CCN[C@@H](C)c1ccccc1)c1ccc(OC(C)C)cc1. The molecule has 0 saturated heterocycles. The van der Waals surface area contributed by atoms with Crippen LogP contribution in [0.3, 0.4) is 0 Å². The van der Waals surface area contributed by atoms with E-state index < -0.39 is 0 Å². The molecule has 0 saturated carbocycles. The fourth-order valence-corrected chi connectivity index (χ4v) is 3.44. The van der Waals surface area contributed by atoms with E-state index in [9.17, 15) is 0 Å². The van der Waals surface area contributed by atoms with Gasteiger partial charge in [-0.2, -0.15) is 0 Å². The number of ether oxygens (including phenoxy) is 1. The monoisotopic (exact) mass is 367 g/mol. The number of hydrogen-bond acceptors (Lipinski definition) is 2. The van der Waals surface area contributed by atoms with Crippen LogP contribution in [0.15, 0.2) is 54.6 Å². The number of benzene rings is 2. The van der Waals surface area contributed by atoms with Crippen molar-refractivity contribution in [3.8, 4) is 5.75 Å². The predicted molar refractivity (Wildman–Crippen MR) is 116 cm³/mol. The summed E-state index contributed by atoms with van der Waals surface area (Å²) in [5, 5.41) is 3.70. The van der Waals surface area contributed by atoms with Crippen LogP contribution in [-0.4, -0.2) is 12.6 Å². The molecular formula is C25H37NO. The Morgan fingerprint density at radius 2 is 1.41 bits per heavy atom. The van der Waals surface area contributed by atoms with Crippen LogP contribution in [0.25, 0.3) is 0 Å². The lowest BCUT2D eigenvalue weighted by Gasteiger charge is -2.21. The Morgan fingerprint density at radius 3 is 2.00 bits per heavy atom. The van der Waals surface area contributed by atoms with Crippen molar-refractivity contribution in [2.24, 2.45) is 5.92 Å². The first-order chi connectivity index (χ1) is 13.0. The van der Waals surface area contributed by atoms with Crippen LogP contribution >= 0.6 is 0 Å². The third-order valence-corrected chi connectivity index (χ3v) is 5.06. The quantitative estimate of drug-likeness (QED) is 0.475. The minimum absolute atomic E-state index is 0.219. The zero-order valence-corrected chi connectivity index (χ0v) is 17.7. The summed E-state index contributed by atoms with van der Waals surface area (Å²) in [6, 6.07) is 19.8. The minimum Gasteiger partial charge on any atom is -0.491 e. The average Bonchev–Trinajstić information content (AvgIpc) is 2.65. The van der Waals surface area contributed by atoms with Gasteiger partial charge in [-0.25, -0.2) is 0 Å². The molecule has 0 aliphatic heterocycles. The van der Waals surface area contributed by atoms with Crippen molar-refractivity contribution in [3.05, 3.63) is 65.7 Å². The predicted octanol–water partition coefficient (Wildman–Crippen LogP) is 6.73. The number of nitrogens with one attached hydrogen (secondary N) is 1. The molecule has 0 aliphatic rings. The fourth-order valence-electron chi connectivity index (χ4n) is 3.44. The maximum atomic E-state index is 5.80. The van der Waals surface area contributed by atoms with Gasteiger partial charge in [0.05, 0.1) is 6.10 Å². The Bertz CT molecular complexity index is 633. The second-order valence-corrected chi connectivity index (χ2v) is 8.28. The van der Waals surface area contributed by atoms with Gasteiger partial charge in [-0.3, -0.25) is 0 Å². The molecule has 0 aliphatic carbocycles. The summed E-state index contributed by atoms with van der Waals surface area (Å²) < 4.78 is 5.80. The van der Waals surface area contributed by atoms with Crippen LogP contribution in [0.5, 0.6) is 5.75 Å². The fraction of sp³-hybridized carbons (Fsp3) is 0.520. The highest BCUT2D eigenvalue weighted by molar-refractivity contribution is 5.29. The highest BCUT2D eigenvalue weighted by atomic mass is 16.5. The van der Waals surface area contributed by atoms with Crippen LogP contribution < -0.4 is 10.1 Å². The molecule has 0 fully saturated rings. The molecule has 0 radical (unpaired) electrons. The third kappa shape index (κ3) is 7.76. The summed E-state index contributed by atoms with van der Waals surface area (Å²) >= 11 is 0. The molecule has 2 nitrogen and oxygen atoms in total. The maximum absolute atomic E-state index is 5.80. The van der Waals surface area contributed by atoms with E-state index in [0.29, 0.717) is 12.0 Å². The molecule has 2 atom stereocenters. The summed E-state index contributed by atoms with van der Waals surface area (Å²) in [7, 11) is 0. The maximum Gasteiger partial charge on any atom is 0.119 e. The Morgan fingerprint density at radius 1 is 0.741 bits per heavy atom. The Balaban J connectivity index is 1.95. The van der Waals surface area contributed by atoms with E-state index >= 15 is 0 Å². The van der Waals surface area contributed by atoms with E-state index in [1.807, 2.05) is 0 Å². The lowest BCUT2D eigenvalue weighted by Crippen LogP contribution is -2.21. The zero-order valence-electron chi connectivity index (χ0n) is 17.7. The van der Waals surface area contributed by atoms with Gasteiger partial charge in [-0.15, -0.1) is 0 Å². The molecule has 2 aromatic carbocycles. The van der Waals surface area contributed by atoms with E-state index in [4.69, 9.17) is 4.74 Å². The normalized spacial score (nSPS) is 13.7. The number of hydrogen-bond donors (Lipinski definition) is 1. The van der Waals surface area contributed by atoms with Crippen molar-refractivity contribution in [3.63, 3.8) is 0 Å². The third-order valence-electron chi connectivity index (χ3n) is 5.06. The van der Waals surface area contributed by atoms with Crippen LogP contribution in [0.4, 0.5) is 0 Å². The van der Waals surface area contributed by atoms with E-state index in [1.165, 1.54) is 24.0 Å². The first kappa shape index (κ1) is 21.5. The zero-order chi connectivity index (χ0) is 19.6. The van der Waals surface area contributed by atoms with Crippen LogP contribution in [0, 0.1) is 5.92 Å². The standard InChI is InChI=1S/C25H37NO/c1-19(2)11-12-24(23-13-15-25(16-14-23)27-20(3)4)17-18-26-21(5)22-9-7-6-8-10-22/h6-10,13-16,19-21,24,26H,11-12,17-18H2,1-5H3/t21-,24+/m0/s1. The molecule has 0 aromatic heterocycles. The number of rotatable bonds is 11. The molecule has 0 spiro atoms. The second-order valence-electron chi connectivity index (χ2n) is 8.28. The molecular weight excluding hydrogens is 330 g/mol. The van der Waals surface area contributed by atoms with Crippen LogP contribution in [-0.2, 0) is 0 Å². The minimum atomic E-state index is 0.219.